The highest BCUT2D eigenvalue weighted by molar-refractivity contribution is 5.54. The van der Waals surface area contributed by atoms with Crippen molar-refractivity contribution < 1.29 is 4.92 Å². The van der Waals surface area contributed by atoms with Crippen molar-refractivity contribution in [2.24, 2.45) is 17.7 Å². The average Bonchev–Trinajstić information content (AvgIpc) is 2.41. The highest BCUT2D eigenvalue weighted by Gasteiger charge is 2.26. The summed E-state index contributed by atoms with van der Waals surface area (Å²) < 4.78 is 0. The predicted octanol–water partition coefficient (Wildman–Crippen LogP) is 2.51. The lowest BCUT2D eigenvalue weighted by molar-refractivity contribution is -0.384. The summed E-state index contributed by atoms with van der Waals surface area (Å²) in [7, 11) is 0. The maximum Gasteiger partial charge on any atom is 0.276 e. The number of hydrazine groups is 1. The quantitative estimate of drug-likeness (QED) is 0.444. The minimum absolute atomic E-state index is 0.0210. The molecule has 1 aromatic rings. The number of nitrogens with zero attached hydrogens (tertiary/aromatic N) is 2. The molecule has 1 aromatic heterocycles. The fourth-order valence-electron chi connectivity index (χ4n) is 2.84. The molecule has 110 valence electrons. The third kappa shape index (κ3) is 3.36. The molecule has 0 aromatic carbocycles. The van der Waals surface area contributed by atoms with Crippen LogP contribution in [0.15, 0.2) is 12.1 Å². The van der Waals surface area contributed by atoms with Crippen LogP contribution >= 0.6 is 0 Å². The van der Waals surface area contributed by atoms with Gasteiger partial charge in [-0.05, 0) is 31.1 Å². The molecule has 1 fully saturated rings. The zero-order valence-corrected chi connectivity index (χ0v) is 11.8. The number of anilines is 2. The third-order valence-corrected chi connectivity index (χ3v) is 3.93. The number of hydrogen-bond donors (Lipinski definition) is 3. The lowest BCUT2D eigenvalue weighted by atomic mass is 9.80. The zero-order valence-electron chi connectivity index (χ0n) is 11.8. The Balaban J connectivity index is 2.16. The molecule has 1 aliphatic carbocycles. The van der Waals surface area contributed by atoms with Crippen LogP contribution < -0.4 is 16.6 Å². The molecule has 1 aliphatic rings. The van der Waals surface area contributed by atoms with Gasteiger partial charge in [-0.25, -0.2) is 10.8 Å². The van der Waals surface area contributed by atoms with Crippen LogP contribution in [-0.2, 0) is 0 Å². The van der Waals surface area contributed by atoms with Gasteiger partial charge in [-0.2, -0.15) is 0 Å². The van der Waals surface area contributed by atoms with E-state index in [2.05, 4.69) is 29.6 Å². The summed E-state index contributed by atoms with van der Waals surface area (Å²) in [6.45, 7) is 4.46. The van der Waals surface area contributed by atoms with E-state index < -0.39 is 4.92 Å². The van der Waals surface area contributed by atoms with E-state index in [1.54, 1.807) is 0 Å². The number of aromatic nitrogens is 1. The van der Waals surface area contributed by atoms with Crippen LogP contribution in [0.3, 0.4) is 0 Å². The summed E-state index contributed by atoms with van der Waals surface area (Å²) in [6.07, 6.45) is 3.38. The van der Waals surface area contributed by atoms with Crippen molar-refractivity contribution in [1.29, 1.82) is 0 Å². The number of nitrogen functional groups attached to an aromatic ring is 1. The minimum Gasteiger partial charge on any atom is -0.367 e. The largest absolute Gasteiger partial charge is 0.367 e. The predicted molar refractivity (Wildman–Crippen MR) is 78.3 cm³/mol. The molecular formula is C13H21N5O2. The van der Waals surface area contributed by atoms with Crippen LogP contribution in [-0.4, -0.2) is 15.9 Å². The van der Waals surface area contributed by atoms with E-state index in [9.17, 15) is 10.1 Å². The van der Waals surface area contributed by atoms with Crippen LogP contribution in [0.25, 0.3) is 0 Å². The lowest BCUT2D eigenvalue weighted by Gasteiger charge is -2.33. The van der Waals surface area contributed by atoms with Gasteiger partial charge in [0.05, 0.1) is 17.1 Å². The third-order valence-electron chi connectivity index (χ3n) is 3.93. The molecule has 7 nitrogen and oxygen atoms in total. The summed E-state index contributed by atoms with van der Waals surface area (Å²) in [5, 5.41) is 14.2. The summed E-state index contributed by atoms with van der Waals surface area (Å²) in [5.41, 5.74) is 2.34. The number of nitro groups is 1. The van der Waals surface area contributed by atoms with Crippen molar-refractivity contribution in [1.82, 2.24) is 4.98 Å². The first-order valence-electron chi connectivity index (χ1n) is 6.89. The van der Waals surface area contributed by atoms with Gasteiger partial charge in [0.1, 0.15) is 11.6 Å². The minimum atomic E-state index is -0.444. The average molecular weight is 279 g/mol. The van der Waals surface area contributed by atoms with Crippen molar-refractivity contribution in [3.8, 4) is 0 Å². The summed E-state index contributed by atoms with van der Waals surface area (Å²) in [5.74, 6) is 7.35. The molecule has 2 rings (SSSR count). The molecule has 0 aliphatic heterocycles. The van der Waals surface area contributed by atoms with Crippen LogP contribution in [0.2, 0.25) is 0 Å². The topological polar surface area (TPSA) is 106 Å². The van der Waals surface area contributed by atoms with Gasteiger partial charge in [0, 0.05) is 6.04 Å². The normalized spacial score (nSPS) is 26.1. The molecule has 7 heteroatoms. The molecule has 0 spiro atoms. The maximum atomic E-state index is 10.9. The van der Waals surface area contributed by atoms with E-state index in [4.69, 9.17) is 5.84 Å². The van der Waals surface area contributed by atoms with E-state index >= 15 is 0 Å². The Morgan fingerprint density at radius 2 is 2.05 bits per heavy atom. The number of pyridine rings is 1. The molecule has 3 atom stereocenters. The molecule has 0 amide bonds. The van der Waals surface area contributed by atoms with Crippen molar-refractivity contribution in [2.75, 3.05) is 10.7 Å². The van der Waals surface area contributed by atoms with E-state index in [1.807, 2.05) is 0 Å². The second-order valence-corrected chi connectivity index (χ2v) is 5.64. The second kappa shape index (κ2) is 6.04. The van der Waals surface area contributed by atoms with E-state index in [-0.39, 0.29) is 5.69 Å². The molecule has 0 radical (unpaired) electrons. The molecule has 0 saturated heterocycles. The van der Waals surface area contributed by atoms with Gasteiger partial charge in [0.25, 0.3) is 5.69 Å². The van der Waals surface area contributed by atoms with E-state index in [1.165, 1.54) is 18.6 Å². The Labute approximate surface area is 118 Å². The van der Waals surface area contributed by atoms with E-state index in [0.717, 1.165) is 18.8 Å². The van der Waals surface area contributed by atoms with Crippen LogP contribution in [0, 0.1) is 22.0 Å². The first kappa shape index (κ1) is 14.5. The Morgan fingerprint density at radius 1 is 1.35 bits per heavy atom. The van der Waals surface area contributed by atoms with Gasteiger partial charge in [-0.1, -0.05) is 13.8 Å². The second-order valence-electron chi connectivity index (χ2n) is 5.64. The molecule has 0 bridgehead atoms. The van der Waals surface area contributed by atoms with Crippen LogP contribution in [0.1, 0.15) is 33.1 Å². The summed E-state index contributed by atoms with van der Waals surface area (Å²) in [6, 6.07) is 3.06. The lowest BCUT2D eigenvalue weighted by Crippen LogP contribution is -2.33. The standard InChI is InChI=1S/C13H21N5O2/c1-8-3-4-11(9(2)5-8)15-12-6-10(18(19)20)7-13(16-12)17-14/h6-9,11H,3-5,14H2,1-2H3,(H2,15,16,17). The Bertz CT molecular complexity index is 494. The van der Waals surface area contributed by atoms with E-state index in [0.29, 0.717) is 23.6 Å². The highest BCUT2D eigenvalue weighted by atomic mass is 16.6. The SMILES string of the molecule is CC1CCC(Nc2cc([N+](=O)[O-])cc(NN)n2)C(C)C1. The molecule has 3 unspecified atom stereocenters. The van der Waals surface area contributed by atoms with Crippen molar-refractivity contribution >= 4 is 17.3 Å². The van der Waals surface area contributed by atoms with Crippen molar-refractivity contribution in [3.05, 3.63) is 22.2 Å². The molecule has 1 heterocycles. The number of hydrogen-bond acceptors (Lipinski definition) is 6. The fraction of sp³-hybridized carbons (Fsp3) is 0.615. The fourth-order valence-corrected chi connectivity index (χ4v) is 2.84. The molecule has 20 heavy (non-hydrogen) atoms. The molecular weight excluding hydrogens is 258 g/mol. The number of rotatable bonds is 4. The maximum absolute atomic E-state index is 10.9. The Morgan fingerprint density at radius 3 is 2.65 bits per heavy atom. The van der Waals surface area contributed by atoms with Crippen molar-refractivity contribution in [2.45, 2.75) is 39.2 Å². The van der Waals surface area contributed by atoms with Gasteiger partial charge in [-0.3, -0.25) is 10.1 Å². The first-order chi connectivity index (χ1) is 9.49. The summed E-state index contributed by atoms with van der Waals surface area (Å²) in [4.78, 5) is 14.7. The number of nitrogens with one attached hydrogen (secondary N) is 2. The Hall–Kier alpha value is -1.89. The Kier molecular flexibility index (Phi) is 4.39. The van der Waals surface area contributed by atoms with Crippen LogP contribution in [0.4, 0.5) is 17.3 Å². The molecule has 1 saturated carbocycles. The molecule has 4 N–H and O–H groups in total. The van der Waals surface area contributed by atoms with Gasteiger partial charge in [0.15, 0.2) is 0 Å². The first-order valence-corrected chi connectivity index (χ1v) is 6.89. The van der Waals surface area contributed by atoms with Crippen molar-refractivity contribution in [3.63, 3.8) is 0 Å². The summed E-state index contributed by atoms with van der Waals surface area (Å²) >= 11 is 0. The van der Waals surface area contributed by atoms with Gasteiger partial charge >= 0.3 is 0 Å². The zero-order chi connectivity index (χ0) is 14.7. The monoisotopic (exact) mass is 279 g/mol. The number of nitrogens with two attached hydrogens (primary N) is 1. The van der Waals surface area contributed by atoms with Gasteiger partial charge < -0.3 is 10.7 Å². The van der Waals surface area contributed by atoms with Gasteiger partial charge in [-0.15, -0.1) is 0 Å². The van der Waals surface area contributed by atoms with Gasteiger partial charge in [0.2, 0.25) is 0 Å². The smallest absolute Gasteiger partial charge is 0.276 e. The highest BCUT2D eigenvalue weighted by Crippen LogP contribution is 2.31. The van der Waals surface area contributed by atoms with Crippen LogP contribution in [0.5, 0.6) is 0 Å².